The molecule has 0 unspecified atom stereocenters. The third-order valence-corrected chi connectivity index (χ3v) is 5.41. The quantitative estimate of drug-likeness (QED) is 0.417. The molecule has 0 saturated heterocycles. The van der Waals surface area contributed by atoms with Crippen LogP contribution in [-0.4, -0.2) is 39.5 Å². The number of hydrogen-bond donors (Lipinski definition) is 1. The predicted octanol–water partition coefficient (Wildman–Crippen LogP) is 4.03. The fourth-order valence-electron chi connectivity index (χ4n) is 4.06. The van der Waals surface area contributed by atoms with Crippen LogP contribution >= 0.6 is 0 Å². The molecule has 0 aliphatic heterocycles. The van der Waals surface area contributed by atoms with Gasteiger partial charge in [-0.05, 0) is 56.0 Å². The van der Waals surface area contributed by atoms with Gasteiger partial charge in [-0.15, -0.1) is 4.91 Å². The van der Waals surface area contributed by atoms with Gasteiger partial charge in [0.05, 0.1) is 36.1 Å². The molecule has 0 amide bonds. The van der Waals surface area contributed by atoms with E-state index in [0.29, 0.717) is 35.0 Å². The van der Waals surface area contributed by atoms with Crippen molar-refractivity contribution >= 4 is 0 Å². The number of fused-ring (bicyclic) bond motifs is 1. The second kappa shape index (κ2) is 9.16. The lowest BCUT2D eigenvalue weighted by molar-refractivity contribution is 0.153. The van der Waals surface area contributed by atoms with Crippen LogP contribution < -0.4 is 4.74 Å². The highest BCUT2D eigenvalue weighted by Gasteiger charge is 2.31. The molecule has 0 saturated carbocycles. The van der Waals surface area contributed by atoms with E-state index in [-0.39, 0.29) is 25.3 Å². The van der Waals surface area contributed by atoms with Crippen molar-refractivity contribution < 1.29 is 14.4 Å². The first-order chi connectivity index (χ1) is 15.5. The van der Waals surface area contributed by atoms with Crippen LogP contribution in [0.25, 0.3) is 22.8 Å². The van der Waals surface area contributed by atoms with Crippen molar-refractivity contribution in [3.05, 3.63) is 58.0 Å². The second-order valence-electron chi connectivity index (χ2n) is 7.81. The van der Waals surface area contributed by atoms with E-state index >= 15 is 0 Å². The third kappa shape index (κ3) is 4.05. The monoisotopic (exact) mass is 433 g/mol. The fourth-order valence-corrected chi connectivity index (χ4v) is 4.06. The van der Waals surface area contributed by atoms with Crippen molar-refractivity contribution in [1.82, 2.24) is 15.1 Å². The molecular formula is C23H23N5O4. The second-order valence-corrected chi connectivity index (χ2v) is 7.81. The first-order valence-electron chi connectivity index (χ1n) is 10.4. The molecule has 4 rings (SSSR count). The normalized spacial score (nSPS) is 14.8. The zero-order valence-electron chi connectivity index (χ0n) is 17.9. The topological polar surface area (TPSA) is 125 Å². The molecule has 1 aromatic heterocycles. The third-order valence-electron chi connectivity index (χ3n) is 5.41. The van der Waals surface area contributed by atoms with Crippen LogP contribution in [0.2, 0.25) is 0 Å². The largest absolute Gasteiger partial charge is 0.490 e. The molecule has 0 radical (unpaired) electrons. The number of aliphatic hydroxyl groups excluding tert-OH is 1. The van der Waals surface area contributed by atoms with Gasteiger partial charge in [0.25, 0.3) is 5.89 Å². The highest BCUT2D eigenvalue weighted by atomic mass is 16.5. The minimum Gasteiger partial charge on any atom is -0.490 e. The van der Waals surface area contributed by atoms with Gasteiger partial charge >= 0.3 is 0 Å². The molecule has 1 atom stereocenters. The molecule has 1 N–H and O–H groups in total. The van der Waals surface area contributed by atoms with Crippen LogP contribution in [0.5, 0.6) is 5.75 Å². The molecular weight excluding hydrogens is 410 g/mol. The number of nitroso groups, excluding NO2 is 1. The van der Waals surface area contributed by atoms with Crippen LogP contribution in [0.4, 0.5) is 0 Å². The Morgan fingerprint density at radius 2 is 2.22 bits per heavy atom. The summed E-state index contributed by atoms with van der Waals surface area (Å²) in [7, 11) is 0. The predicted molar refractivity (Wildman–Crippen MR) is 116 cm³/mol. The maximum atomic E-state index is 11.2. The molecule has 2 aromatic carbocycles. The van der Waals surface area contributed by atoms with Crippen LogP contribution in [-0.2, 0) is 6.42 Å². The Hall–Kier alpha value is -3.77. The summed E-state index contributed by atoms with van der Waals surface area (Å²) in [6, 6.07) is 12.9. The number of aromatic nitrogens is 2. The van der Waals surface area contributed by atoms with Crippen molar-refractivity contribution in [3.63, 3.8) is 0 Å². The van der Waals surface area contributed by atoms with Crippen LogP contribution in [0.3, 0.4) is 0 Å². The van der Waals surface area contributed by atoms with E-state index in [1.165, 1.54) is 5.01 Å². The number of rotatable bonds is 8. The molecule has 1 heterocycles. The molecule has 1 aliphatic carbocycles. The van der Waals surface area contributed by atoms with Gasteiger partial charge in [0.15, 0.2) is 0 Å². The summed E-state index contributed by atoms with van der Waals surface area (Å²) in [6.45, 7) is 3.84. The van der Waals surface area contributed by atoms with Gasteiger partial charge in [0.1, 0.15) is 11.8 Å². The molecule has 0 spiro atoms. The zero-order valence-corrected chi connectivity index (χ0v) is 17.9. The molecule has 9 nitrogen and oxygen atoms in total. The summed E-state index contributed by atoms with van der Waals surface area (Å²) in [5, 5.41) is 27.3. The SMILES string of the molecule is CC(C)Oc1ccc(-c2nc(-c3cccc4c3CC[C@@H]4N(CCO)N=O)no2)cc1C#N. The van der Waals surface area contributed by atoms with E-state index in [9.17, 15) is 15.3 Å². The Morgan fingerprint density at radius 1 is 1.38 bits per heavy atom. The average molecular weight is 433 g/mol. The Bertz CT molecular complexity index is 1170. The lowest BCUT2D eigenvalue weighted by Gasteiger charge is -2.22. The summed E-state index contributed by atoms with van der Waals surface area (Å²) >= 11 is 0. The minimum atomic E-state index is -0.187. The highest BCUT2D eigenvalue weighted by molar-refractivity contribution is 5.67. The van der Waals surface area contributed by atoms with Gasteiger partial charge in [-0.25, -0.2) is 0 Å². The Kier molecular flexibility index (Phi) is 6.14. The maximum absolute atomic E-state index is 11.2. The molecule has 3 aromatic rings. The van der Waals surface area contributed by atoms with Gasteiger partial charge in [0.2, 0.25) is 5.82 Å². The van der Waals surface area contributed by atoms with E-state index in [2.05, 4.69) is 21.5 Å². The summed E-state index contributed by atoms with van der Waals surface area (Å²) < 4.78 is 11.2. The van der Waals surface area contributed by atoms with E-state index < -0.39 is 0 Å². The molecule has 0 bridgehead atoms. The highest BCUT2D eigenvalue weighted by Crippen LogP contribution is 2.40. The summed E-state index contributed by atoms with van der Waals surface area (Å²) in [4.78, 5) is 15.8. The average Bonchev–Trinajstić information content (AvgIpc) is 3.45. The summed E-state index contributed by atoms with van der Waals surface area (Å²) in [5.74, 6) is 1.25. The van der Waals surface area contributed by atoms with Gasteiger partial charge in [-0.3, -0.25) is 5.01 Å². The Labute approximate surface area is 185 Å². The minimum absolute atomic E-state index is 0.0466. The molecule has 9 heteroatoms. The van der Waals surface area contributed by atoms with Crippen LogP contribution in [0, 0.1) is 16.2 Å². The number of nitriles is 1. The van der Waals surface area contributed by atoms with Gasteiger partial charge in [0, 0.05) is 11.1 Å². The van der Waals surface area contributed by atoms with Gasteiger partial charge in [-0.1, -0.05) is 23.4 Å². The van der Waals surface area contributed by atoms with Crippen LogP contribution in [0.15, 0.2) is 46.2 Å². The smallest absolute Gasteiger partial charge is 0.258 e. The summed E-state index contributed by atoms with van der Waals surface area (Å²) in [6.07, 6.45) is 1.40. The zero-order chi connectivity index (χ0) is 22.7. The first kappa shape index (κ1) is 21.5. The fraction of sp³-hybridized carbons (Fsp3) is 0.348. The number of ether oxygens (including phenoxy) is 1. The van der Waals surface area contributed by atoms with Crippen molar-refractivity contribution in [1.29, 1.82) is 5.26 Å². The summed E-state index contributed by atoms with van der Waals surface area (Å²) in [5.41, 5.74) is 3.86. The standard InChI is InChI=1S/C23H23N5O4/c1-14(2)31-21-9-6-15(12-16(21)13-24)23-25-22(26-32-23)19-5-3-4-18-17(19)7-8-20(18)28(27-30)10-11-29/h3-6,9,12,14,20,29H,7-8,10-11H2,1-2H3/t20-/m0/s1. The number of benzene rings is 2. The molecule has 32 heavy (non-hydrogen) atoms. The molecule has 1 aliphatic rings. The van der Waals surface area contributed by atoms with Crippen LogP contribution in [0.1, 0.15) is 43.0 Å². The number of hydrogen-bond acceptors (Lipinski definition) is 8. The number of aliphatic hydroxyl groups is 1. The Morgan fingerprint density at radius 3 is 2.94 bits per heavy atom. The van der Waals surface area contributed by atoms with Gasteiger partial charge < -0.3 is 14.4 Å². The van der Waals surface area contributed by atoms with E-state index in [1.54, 1.807) is 18.2 Å². The Balaban J connectivity index is 1.65. The maximum Gasteiger partial charge on any atom is 0.258 e. The van der Waals surface area contributed by atoms with E-state index in [4.69, 9.17) is 9.26 Å². The number of nitrogens with zero attached hydrogens (tertiary/aromatic N) is 5. The van der Waals surface area contributed by atoms with Crippen molar-refractivity contribution in [2.24, 2.45) is 5.29 Å². The van der Waals surface area contributed by atoms with Crippen molar-refractivity contribution in [2.45, 2.75) is 38.8 Å². The van der Waals surface area contributed by atoms with Gasteiger partial charge in [-0.2, -0.15) is 10.2 Å². The lowest BCUT2D eigenvalue weighted by atomic mass is 10.0. The van der Waals surface area contributed by atoms with Crippen molar-refractivity contribution in [3.8, 4) is 34.7 Å². The van der Waals surface area contributed by atoms with E-state index in [0.717, 1.165) is 23.1 Å². The van der Waals surface area contributed by atoms with Crippen molar-refractivity contribution in [2.75, 3.05) is 13.2 Å². The lowest BCUT2D eigenvalue weighted by Crippen LogP contribution is -2.24. The first-order valence-corrected chi connectivity index (χ1v) is 10.4. The van der Waals surface area contributed by atoms with E-state index in [1.807, 2.05) is 32.0 Å². The molecule has 164 valence electrons. The molecule has 0 fully saturated rings.